The summed E-state index contributed by atoms with van der Waals surface area (Å²) in [5.41, 5.74) is -3.62. The highest BCUT2D eigenvalue weighted by molar-refractivity contribution is 6.01. The zero-order valence-electron chi connectivity index (χ0n) is 76.7. The first-order valence-corrected chi connectivity index (χ1v) is 42.8. The van der Waals surface area contributed by atoms with Crippen LogP contribution in [-0.4, -0.2) is 291 Å². The number of hydrazone groups is 2. The fraction of sp³-hybridized carbons (Fsp3) is 0.698. The van der Waals surface area contributed by atoms with Crippen molar-refractivity contribution in [2.24, 2.45) is 68.6 Å². The Balaban J connectivity index is 0.000000276. The maximum absolute atomic E-state index is 14.6. The van der Waals surface area contributed by atoms with Gasteiger partial charge in [0, 0.05) is 74.1 Å². The molecule has 4 aromatic heterocycles. The van der Waals surface area contributed by atoms with E-state index in [0.717, 1.165) is 17.1 Å². The lowest BCUT2D eigenvalue weighted by atomic mass is 9.73. The maximum atomic E-state index is 14.6. The van der Waals surface area contributed by atoms with Crippen molar-refractivity contribution in [2.75, 3.05) is 54.6 Å². The zero-order chi connectivity index (χ0) is 94.1. The summed E-state index contributed by atoms with van der Waals surface area (Å²) in [7, 11) is 7.36. The van der Waals surface area contributed by atoms with Gasteiger partial charge in [-0.2, -0.15) is 10.2 Å². The molecule has 41 nitrogen and oxygen atoms in total. The van der Waals surface area contributed by atoms with Crippen LogP contribution in [0.1, 0.15) is 175 Å². The molecule has 0 radical (unpaired) electrons. The number of carbonyl (C=O) groups is 7. The topological polar surface area (TPSA) is 501 Å². The lowest BCUT2D eigenvalue weighted by molar-refractivity contribution is -0.796. The largest absolute Gasteiger partial charge is 0.459 e. The van der Waals surface area contributed by atoms with Gasteiger partial charge in [-0.15, -0.1) is 0 Å². The van der Waals surface area contributed by atoms with Crippen molar-refractivity contribution in [1.82, 2.24) is 39.3 Å². The molecule has 26 atom stereocenters. The van der Waals surface area contributed by atoms with Crippen molar-refractivity contribution in [1.29, 1.82) is 0 Å². The third-order valence-corrected chi connectivity index (χ3v) is 24.4. The first-order chi connectivity index (χ1) is 59.7. The fourth-order valence-corrected chi connectivity index (χ4v) is 17.9. The number of oxime groups is 1. The molecule has 6 N–H and O–H groups in total. The second-order valence-corrected chi connectivity index (χ2v) is 35.1. The summed E-state index contributed by atoms with van der Waals surface area (Å²) in [5, 5.41) is 63.7. The number of nitrogens with zero attached hydrogens (tertiary/aromatic N) is 13. The van der Waals surface area contributed by atoms with Gasteiger partial charge in [0.05, 0.1) is 118 Å². The van der Waals surface area contributed by atoms with E-state index in [1.54, 1.807) is 122 Å². The predicted octanol–water partition coefficient (Wildman–Crippen LogP) is 6.69. The number of cyclic esters (lactones) is 2. The Morgan fingerprint density at radius 3 is 1.34 bits per heavy atom. The van der Waals surface area contributed by atoms with Crippen LogP contribution in [0, 0.1) is 57.2 Å². The quantitative estimate of drug-likeness (QED) is 0.0282. The van der Waals surface area contributed by atoms with Crippen LogP contribution in [0.25, 0.3) is 11.4 Å². The highest BCUT2D eigenvalue weighted by atomic mass is 16.7. The number of nitrogens with two attached hydrogens (primary N) is 1. The molecule has 6 aliphatic heterocycles. The first-order valence-electron chi connectivity index (χ1n) is 42.8. The summed E-state index contributed by atoms with van der Waals surface area (Å²) in [5.74, 6) is -7.87. The van der Waals surface area contributed by atoms with Crippen molar-refractivity contribution in [3.8, 4) is 11.4 Å². The number of aliphatic hydroxyl groups is 2. The Labute approximate surface area is 739 Å². The molecule has 704 valence electrons. The number of pyridine rings is 2. The number of esters is 4. The highest BCUT2D eigenvalue weighted by Gasteiger charge is 2.58. The molecule has 4 bridgehead atoms. The van der Waals surface area contributed by atoms with E-state index in [1.807, 2.05) is 82.3 Å². The van der Waals surface area contributed by atoms with E-state index in [2.05, 4.69) is 40.4 Å². The van der Waals surface area contributed by atoms with Crippen molar-refractivity contribution >= 4 is 58.4 Å². The van der Waals surface area contributed by atoms with E-state index in [0.29, 0.717) is 25.1 Å². The average Bonchev–Trinajstić information content (AvgIpc) is 1.66. The summed E-state index contributed by atoms with van der Waals surface area (Å²) in [6.45, 7) is 27.2. The number of aromatic nitrogens is 6. The van der Waals surface area contributed by atoms with Crippen molar-refractivity contribution < 1.29 is 131 Å². The van der Waals surface area contributed by atoms with Crippen LogP contribution in [0.15, 0.2) is 88.9 Å². The van der Waals surface area contributed by atoms with E-state index in [4.69, 9.17) is 67.6 Å². The van der Waals surface area contributed by atoms with Crippen LogP contribution in [0.2, 0.25) is 0 Å². The molecule has 0 unspecified atom stereocenters. The van der Waals surface area contributed by atoms with Gasteiger partial charge in [0.25, 0.3) is 0 Å². The summed E-state index contributed by atoms with van der Waals surface area (Å²) in [6.07, 6.45) is -1.02. The van der Waals surface area contributed by atoms with Gasteiger partial charge in [-0.25, -0.2) is 25.7 Å². The molecular formula is C86H130N14O27+2. The number of Topliss-reactive ketones (excluding diaryl/α,β-unsaturated/α-hetero) is 3. The SMILES string of the molecule is CC[C@H]1OC(=O)[C@H](C)C(=O)[C@H](C)[C@@H](O[C@@H]2O[C@H](C)C[C@H](N(C)C)[C@H]2OC(C)=O)[C@@]2(C)C[C@@H](C)/C(=N\[N+](=O)O)[C@H](C)[C@@H](OC/C(=N\OCc3ccc(-n4cccn4)cn3)CO2)[C@]1(C)O.CC[C@H]1OC(=O)[C@H](C)C(=O)[C@H](C)[C@@H](O[C@@H]2O[C@H](C)C[C@H](N(C)C)[C@H]2OC(C)=O)[C@@]2(C)C[C@@H](C)/C(=N\[N+](=O)O)[C@H](C)[C@@H](OCC(=O)CO2)[C@]1(C)O.NOCc1ccc(-n2cccn2)cn1. The number of rotatable bonds is 19. The number of likely N-dealkylation sites (N-methyl/N-ethyl adjacent to an activating group) is 2. The number of ketones is 3. The summed E-state index contributed by atoms with van der Waals surface area (Å²) >= 11 is 0. The summed E-state index contributed by atoms with van der Waals surface area (Å²) in [6, 6.07) is 10.3. The first kappa shape index (κ1) is 103. The minimum absolute atomic E-state index is 0.0184. The molecule has 6 aliphatic rings. The molecule has 0 saturated carbocycles. The number of ether oxygens (including phenoxy) is 12. The summed E-state index contributed by atoms with van der Waals surface area (Å²) < 4.78 is 78.8. The molecule has 6 saturated heterocycles. The number of fused-ring (bicyclic) bond motifs is 10. The molecule has 41 heteroatoms. The lowest BCUT2D eigenvalue weighted by Crippen LogP contribution is -2.60. The van der Waals surface area contributed by atoms with Gasteiger partial charge >= 0.3 is 33.9 Å². The van der Waals surface area contributed by atoms with E-state index < -0.39 is 196 Å². The Kier molecular flexibility index (Phi) is 36.7. The Bertz CT molecular complexity index is 4440. The van der Waals surface area contributed by atoms with E-state index in [9.17, 15) is 64.0 Å². The Morgan fingerprint density at radius 1 is 0.583 bits per heavy atom. The predicted molar refractivity (Wildman–Crippen MR) is 451 cm³/mol. The molecule has 0 spiro atoms. The average molecular weight is 1790 g/mol. The lowest BCUT2D eigenvalue weighted by Gasteiger charge is -2.48. The van der Waals surface area contributed by atoms with Crippen LogP contribution < -0.4 is 5.90 Å². The monoisotopic (exact) mass is 1790 g/mol. The summed E-state index contributed by atoms with van der Waals surface area (Å²) in [4.78, 5) is 142. The third-order valence-electron chi connectivity index (χ3n) is 24.4. The van der Waals surface area contributed by atoms with E-state index in [1.165, 1.54) is 41.5 Å². The van der Waals surface area contributed by atoms with E-state index >= 15 is 0 Å². The molecule has 0 aliphatic carbocycles. The molecule has 0 aromatic carbocycles. The second-order valence-electron chi connectivity index (χ2n) is 35.1. The van der Waals surface area contributed by atoms with Crippen LogP contribution >= 0.6 is 0 Å². The number of hydrogen-bond acceptors (Lipinski definition) is 33. The van der Waals surface area contributed by atoms with Gasteiger partial charge in [0.1, 0.15) is 82.0 Å². The smallest absolute Gasteiger partial charge is 0.387 e. The normalized spacial score (nSPS) is 35.6. The number of carbonyl (C=O) groups excluding carboxylic acids is 7. The highest BCUT2D eigenvalue weighted by Crippen LogP contribution is 2.44. The second kappa shape index (κ2) is 45.3. The van der Waals surface area contributed by atoms with Crippen LogP contribution in [0.5, 0.6) is 0 Å². The van der Waals surface area contributed by atoms with Gasteiger partial charge in [0.15, 0.2) is 48.7 Å². The Hall–Kier alpha value is -9.34. The van der Waals surface area contributed by atoms with Crippen molar-refractivity contribution in [3.63, 3.8) is 0 Å². The minimum Gasteiger partial charge on any atom is -0.459 e. The van der Waals surface area contributed by atoms with Gasteiger partial charge in [0.2, 0.25) is 0 Å². The molecule has 6 fully saturated rings. The number of hydrogen-bond donors (Lipinski definition) is 5. The van der Waals surface area contributed by atoms with Crippen LogP contribution in [-0.2, 0) is 113 Å². The van der Waals surface area contributed by atoms with Gasteiger partial charge in [-0.05, 0) is 159 Å². The molecule has 10 rings (SSSR count). The minimum atomic E-state index is -1.97. The van der Waals surface area contributed by atoms with Crippen LogP contribution in [0.3, 0.4) is 0 Å². The molecular weight excluding hydrogens is 1660 g/mol. The molecule has 4 aromatic rings. The Morgan fingerprint density at radius 2 is 0.984 bits per heavy atom. The van der Waals surface area contributed by atoms with E-state index in [-0.39, 0.29) is 86.9 Å². The third kappa shape index (κ3) is 26.3. The fourth-order valence-electron chi connectivity index (χ4n) is 17.9. The van der Waals surface area contributed by atoms with Crippen LogP contribution in [0.4, 0.5) is 0 Å². The standard InChI is InChI=1S/C43H64N7O13.C34H56N3O13.C9H10N4O/c1-12-34-43(9,54)39-26(4)35(46-50(55)56)24(2)19-42(8,58-22-31(21-57-39)47-59-23-30-14-15-32(20-44-30)49-17-13-16-45-49)38(27(5)36(52)28(6)40(53)62-34)63-41-37(61-29(7)51)33(48(10)11)18-25(3)60-41;1-12-25-34(9,42)30-19(4)26(35-37(43)44)17(2)14-33(8,46-16-23(39)15-45-30)29(20(5)27(40)21(6)31(41)49-25)50-32-28(48-22(7)38)24(36(10)11)13-18(3)47-32;10-14-7-8-2-3-9(6-11-8)13-5-1-4-12-13/h13-17,20,24-28,33-34,37-39,41,54H,12,18-19,21-23H2,1-11H3,(H,55,56);17-21,24-25,28-30,32,42H,12-16H2,1-11H3,(H,43,44);1-6H,7,10H2/q2*+1;/b46-35+,47-31+;35-26+;/t24-,25-,26+,27+,28-,33+,34-,37-,38-,39-,41+,42-,43-;17-,18-,19+,20+,21-,24+,25-,28-,29-,30-,32+,33-,34-;/m11./s1. The van der Waals surface area contributed by atoms with Gasteiger partial charge in [-0.3, -0.25) is 48.4 Å². The maximum Gasteiger partial charge on any atom is 0.387 e. The molecule has 10 heterocycles. The molecule has 0 amide bonds. The van der Waals surface area contributed by atoms with Crippen molar-refractivity contribution in [3.05, 3.63) is 94.8 Å². The van der Waals surface area contributed by atoms with Gasteiger partial charge < -0.3 is 81.7 Å². The zero-order valence-corrected chi connectivity index (χ0v) is 76.7. The van der Waals surface area contributed by atoms with Gasteiger partial charge in [-0.1, -0.05) is 60.5 Å². The van der Waals surface area contributed by atoms with Crippen molar-refractivity contribution in [2.45, 2.75) is 284 Å². The molecule has 127 heavy (non-hydrogen) atoms.